The van der Waals surface area contributed by atoms with E-state index >= 15 is 0 Å². The second-order valence-electron chi connectivity index (χ2n) is 8.95. The second-order valence-corrected chi connectivity index (χ2v) is 9.38. The number of benzene rings is 2. The van der Waals surface area contributed by atoms with E-state index in [0.29, 0.717) is 17.1 Å². The van der Waals surface area contributed by atoms with Crippen LogP contribution in [0.2, 0.25) is 5.02 Å². The highest BCUT2D eigenvalue weighted by Gasteiger charge is 2.40. The van der Waals surface area contributed by atoms with Crippen molar-refractivity contribution in [2.75, 3.05) is 5.32 Å². The molecule has 1 saturated heterocycles. The first kappa shape index (κ1) is 21.5. The molecule has 0 radical (unpaired) electrons. The minimum absolute atomic E-state index is 0.00744. The molecular formula is C24H26ClFN4O. The molecular weight excluding hydrogens is 415 g/mol. The van der Waals surface area contributed by atoms with Gasteiger partial charge in [0, 0.05) is 28.9 Å². The van der Waals surface area contributed by atoms with Gasteiger partial charge in [-0.3, -0.25) is 14.8 Å². The largest absolute Gasteiger partial charge is 0.325 e. The Hall–Kier alpha value is -2.70. The smallest absolute Gasteiger partial charge is 0.241 e. The van der Waals surface area contributed by atoms with E-state index in [0.717, 1.165) is 11.3 Å². The highest BCUT2D eigenvalue weighted by atomic mass is 35.5. The molecule has 1 amide bonds. The average molecular weight is 441 g/mol. The van der Waals surface area contributed by atoms with E-state index < -0.39 is 6.04 Å². The number of rotatable bonds is 4. The van der Waals surface area contributed by atoms with E-state index in [9.17, 15) is 9.18 Å². The Balaban J connectivity index is 1.60. The maximum Gasteiger partial charge on any atom is 0.241 e. The number of hydrogen-bond donors (Lipinski definition) is 2. The molecule has 5 nitrogen and oxygen atoms in total. The van der Waals surface area contributed by atoms with Gasteiger partial charge in [-0.1, -0.05) is 29.8 Å². The van der Waals surface area contributed by atoms with Gasteiger partial charge in [-0.25, -0.2) is 4.39 Å². The van der Waals surface area contributed by atoms with Crippen LogP contribution in [0, 0.1) is 5.82 Å². The lowest BCUT2D eigenvalue weighted by Crippen LogP contribution is -2.36. The van der Waals surface area contributed by atoms with Crippen LogP contribution in [0.3, 0.4) is 0 Å². The van der Waals surface area contributed by atoms with Crippen LogP contribution in [0.15, 0.2) is 60.8 Å². The predicted octanol–water partition coefficient (Wildman–Crippen LogP) is 5.26. The highest BCUT2D eigenvalue weighted by Crippen LogP contribution is 2.40. The topological polar surface area (TPSA) is 59.0 Å². The molecule has 1 fully saturated rings. The summed E-state index contributed by atoms with van der Waals surface area (Å²) in [5.74, 6) is -0.572. The van der Waals surface area contributed by atoms with E-state index in [1.165, 1.54) is 12.1 Å². The Labute approximate surface area is 186 Å². The quantitative estimate of drug-likeness (QED) is 0.582. The van der Waals surface area contributed by atoms with Gasteiger partial charge in [-0.2, -0.15) is 5.10 Å². The van der Waals surface area contributed by atoms with Crippen molar-refractivity contribution in [3.8, 4) is 0 Å². The molecule has 2 N–H and O–H groups in total. The molecule has 7 heteroatoms. The van der Waals surface area contributed by atoms with Crippen LogP contribution in [0.1, 0.15) is 50.4 Å². The summed E-state index contributed by atoms with van der Waals surface area (Å²) in [6.07, 6.45) is 2.56. The molecule has 1 aliphatic rings. The molecule has 31 heavy (non-hydrogen) atoms. The van der Waals surface area contributed by atoms with Gasteiger partial charge in [0.05, 0.1) is 17.3 Å². The first-order valence-corrected chi connectivity index (χ1v) is 10.7. The van der Waals surface area contributed by atoms with Crippen LogP contribution in [-0.4, -0.2) is 21.7 Å². The van der Waals surface area contributed by atoms with Gasteiger partial charge in [0.25, 0.3) is 0 Å². The number of nitrogens with zero attached hydrogens (tertiary/aromatic N) is 2. The fourth-order valence-corrected chi connectivity index (χ4v) is 4.09. The van der Waals surface area contributed by atoms with Crippen molar-refractivity contribution >= 4 is 23.2 Å². The Bertz CT molecular complexity index is 1070. The Morgan fingerprint density at radius 1 is 1.19 bits per heavy atom. The Kier molecular flexibility index (Phi) is 5.86. The van der Waals surface area contributed by atoms with Gasteiger partial charge >= 0.3 is 0 Å². The maximum atomic E-state index is 13.5. The van der Waals surface area contributed by atoms with Gasteiger partial charge in [0.2, 0.25) is 5.91 Å². The van der Waals surface area contributed by atoms with Crippen molar-refractivity contribution in [1.82, 2.24) is 15.1 Å². The Morgan fingerprint density at radius 2 is 1.94 bits per heavy atom. The zero-order valence-corrected chi connectivity index (χ0v) is 18.5. The molecule has 2 heterocycles. The van der Waals surface area contributed by atoms with Crippen LogP contribution in [0.5, 0.6) is 0 Å². The first-order valence-electron chi connectivity index (χ1n) is 10.3. The van der Waals surface area contributed by atoms with E-state index in [-0.39, 0.29) is 29.2 Å². The number of carbonyl (C=O) groups excluding carboxylic acids is 1. The number of halogens is 2. The van der Waals surface area contributed by atoms with Crippen LogP contribution in [0.25, 0.3) is 0 Å². The molecule has 0 aliphatic carbocycles. The molecule has 1 aliphatic heterocycles. The van der Waals surface area contributed by atoms with Crippen LogP contribution in [0.4, 0.5) is 10.1 Å². The molecule has 0 spiro atoms. The lowest BCUT2D eigenvalue weighted by Gasteiger charge is -2.21. The number of amides is 1. The van der Waals surface area contributed by atoms with Crippen molar-refractivity contribution in [3.63, 3.8) is 0 Å². The number of hydrogen-bond acceptors (Lipinski definition) is 3. The first-order chi connectivity index (χ1) is 14.7. The van der Waals surface area contributed by atoms with Gasteiger partial charge < -0.3 is 5.32 Å². The number of carbonyl (C=O) groups is 1. The van der Waals surface area contributed by atoms with Gasteiger partial charge in [-0.05, 0) is 69.2 Å². The molecule has 3 atom stereocenters. The van der Waals surface area contributed by atoms with Gasteiger partial charge in [0.15, 0.2) is 0 Å². The van der Waals surface area contributed by atoms with Crippen molar-refractivity contribution in [2.24, 2.45) is 0 Å². The molecule has 0 unspecified atom stereocenters. The van der Waals surface area contributed by atoms with Gasteiger partial charge in [0.1, 0.15) is 5.82 Å². The molecule has 2 aromatic carbocycles. The summed E-state index contributed by atoms with van der Waals surface area (Å²) >= 11 is 6.08. The fraction of sp³-hybridized carbons (Fsp3) is 0.333. The third-order valence-corrected chi connectivity index (χ3v) is 5.84. The van der Waals surface area contributed by atoms with E-state index in [1.807, 2.05) is 41.2 Å². The second kappa shape index (κ2) is 8.44. The predicted molar refractivity (Wildman–Crippen MR) is 121 cm³/mol. The van der Waals surface area contributed by atoms with Crippen molar-refractivity contribution in [3.05, 3.63) is 82.9 Å². The van der Waals surface area contributed by atoms with E-state index in [2.05, 4.69) is 31.4 Å². The monoisotopic (exact) mass is 440 g/mol. The summed E-state index contributed by atoms with van der Waals surface area (Å²) in [5, 5.41) is 11.8. The SMILES string of the molecule is CC(C)(C)n1ccc([C@@H]2C[C@@H](C(=O)Nc3cccc(F)c3)N[C@H]2c2ccc(Cl)cc2)n1. The summed E-state index contributed by atoms with van der Waals surface area (Å²) < 4.78 is 15.5. The average Bonchev–Trinajstić information content (AvgIpc) is 3.36. The molecule has 0 saturated carbocycles. The summed E-state index contributed by atoms with van der Waals surface area (Å²) in [6, 6.07) is 15.0. The lowest BCUT2D eigenvalue weighted by molar-refractivity contribution is -0.117. The number of anilines is 1. The van der Waals surface area contributed by atoms with E-state index in [4.69, 9.17) is 16.7 Å². The molecule has 1 aromatic heterocycles. The zero-order chi connectivity index (χ0) is 22.2. The maximum absolute atomic E-state index is 13.5. The third kappa shape index (κ3) is 4.81. The molecule has 162 valence electrons. The van der Waals surface area contributed by atoms with Crippen LogP contribution < -0.4 is 10.6 Å². The number of aromatic nitrogens is 2. The van der Waals surface area contributed by atoms with Crippen molar-refractivity contribution in [2.45, 2.75) is 50.7 Å². The van der Waals surface area contributed by atoms with Crippen molar-refractivity contribution < 1.29 is 9.18 Å². The normalized spacial score (nSPS) is 21.3. The summed E-state index contributed by atoms with van der Waals surface area (Å²) in [4.78, 5) is 13.0. The minimum Gasteiger partial charge on any atom is -0.325 e. The summed E-state index contributed by atoms with van der Waals surface area (Å²) in [7, 11) is 0. The van der Waals surface area contributed by atoms with Gasteiger partial charge in [-0.15, -0.1) is 0 Å². The van der Waals surface area contributed by atoms with Crippen LogP contribution in [-0.2, 0) is 10.3 Å². The Morgan fingerprint density at radius 3 is 2.58 bits per heavy atom. The third-order valence-electron chi connectivity index (χ3n) is 5.59. The van der Waals surface area contributed by atoms with Crippen LogP contribution >= 0.6 is 11.6 Å². The van der Waals surface area contributed by atoms with E-state index in [1.54, 1.807) is 12.1 Å². The highest BCUT2D eigenvalue weighted by molar-refractivity contribution is 6.30. The lowest BCUT2D eigenvalue weighted by atomic mass is 9.90. The molecule has 4 rings (SSSR count). The zero-order valence-electron chi connectivity index (χ0n) is 17.8. The van der Waals surface area contributed by atoms with Crippen molar-refractivity contribution in [1.29, 1.82) is 0 Å². The molecule has 0 bridgehead atoms. The minimum atomic E-state index is -0.436. The fourth-order valence-electron chi connectivity index (χ4n) is 3.97. The summed E-state index contributed by atoms with van der Waals surface area (Å²) in [6.45, 7) is 6.30. The number of nitrogens with one attached hydrogen (secondary N) is 2. The standard InChI is InChI=1S/C24H26ClFN4O/c1-24(2,3)30-12-11-20(29-30)19-14-21(23(31)27-18-6-4-5-17(26)13-18)28-22(19)15-7-9-16(25)10-8-15/h4-13,19,21-22,28H,14H2,1-3H3,(H,27,31)/t19-,21-,22-/m0/s1. The summed E-state index contributed by atoms with van der Waals surface area (Å²) in [5.41, 5.74) is 2.29. The molecule has 3 aromatic rings.